The first kappa shape index (κ1) is 7.34. The van der Waals surface area contributed by atoms with Crippen LogP contribution in [-0.2, 0) is 0 Å². The molecule has 4 nitrogen and oxygen atoms in total. The number of hydrogen-bond acceptors (Lipinski definition) is 2. The van der Waals surface area contributed by atoms with Crippen LogP contribution in [0.25, 0.3) is 0 Å². The summed E-state index contributed by atoms with van der Waals surface area (Å²) in [5.41, 5.74) is 5.03. The number of aliphatic hydroxyl groups is 1. The third kappa shape index (κ3) is 1.21. The third-order valence-corrected chi connectivity index (χ3v) is 1.84. The van der Waals surface area contributed by atoms with E-state index in [0.29, 0.717) is 13.0 Å². The molecule has 1 aliphatic heterocycles. The Kier molecular flexibility index (Phi) is 1.80. The Hall–Kier alpha value is -0.770. The lowest BCUT2D eigenvalue weighted by atomic mass is 10.2. The number of nitrogens with two attached hydrogens (primary N) is 1. The fourth-order valence-electron chi connectivity index (χ4n) is 1.31. The fourth-order valence-corrected chi connectivity index (χ4v) is 1.31. The molecule has 0 aliphatic carbocycles. The predicted octanol–water partition coefficient (Wildman–Crippen LogP) is -0.480. The van der Waals surface area contributed by atoms with Crippen molar-refractivity contribution in [3.05, 3.63) is 0 Å². The number of β-amino-alcohol motifs (C(OH)–C–C–N with tert-alkyl or cyclic N) is 1. The third-order valence-electron chi connectivity index (χ3n) is 1.84. The molecule has 0 saturated carbocycles. The number of carbonyl (C=O) groups excluding carboxylic acids is 1. The molecule has 0 aromatic heterocycles. The summed E-state index contributed by atoms with van der Waals surface area (Å²) >= 11 is 0. The summed E-state index contributed by atoms with van der Waals surface area (Å²) < 4.78 is 0. The topological polar surface area (TPSA) is 66.6 Å². The molecule has 2 atom stereocenters. The molecular weight excluding hydrogens is 132 g/mol. The molecule has 1 aliphatic rings. The first-order chi connectivity index (χ1) is 4.61. The Morgan fingerprint density at radius 1 is 1.80 bits per heavy atom. The second-order valence-electron chi connectivity index (χ2n) is 2.73. The van der Waals surface area contributed by atoms with Crippen LogP contribution in [0.4, 0.5) is 4.79 Å². The maximum Gasteiger partial charge on any atom is 0.315 e. The van der Waals surface area contributed by atoms with Crippen LogP contribution in [0.3, 0.4) is 0 Å². The van der Waals surface area contributed by atoms with E-state index in [1.54, 1.807) is 0 Å². The summed E-state index contributed by atoms with van der Waals surface area (Å²) in [6.07, 6.45) is 0.255. The van der Waals surface area contributed by atoms with E-state index in [0.717, 1.165) is 0 Å². The molecule has 1 rings (SSSR count). The van der Waals surface area contributed by atoms with Gasteiger partial charge in [-0.05, 0) is 13.3 Å². The molecule has 4 heteroatoms. The van der Waals surface area contributed by atoms with Crippen molar-refractivity contribution in [3.63, 3.8) is 0 Å². The van der Waals surface area contributed by atoms with E-state index in [1.807, 2.05) is 6.92 Å². The van der Waals surface area contributed by atoms with Crippen molar-refractivity contribution in [2.24, 2.45) is 5.73 Å². The highest BCUT2D eigenvalue weighted by molar-refractivity contribution is 5.72. The zero-order valence-electron chi connectivity index (χ0n) is 5.95. The second-order valence-corrected chi connectivity index (χ2v) is 2.73. The van der Waals surface area contributed by atoms with E-state index in [1.165, 1.54) is 4.90 Å². The first-order valence-electron chi connectivity index (χ1n) is 3.35. The van der Waals surface area contributed by atoms with E-state index < -0.39 is 6.03 Å². The summed E-state index contributed by atoms with van der Waals surface area (Å²) in [5, 5.41) is 9.07. The van der Waals surface area contributed by atoms with Crippen LogP contribution < -0.4 is 5.73 Å². The number of primary amides is 1. The average molecular weight is 144 g/mol. The van der Waals surface area contributed by atoms with Crippen LogP contribution in [0.15, 0.2) is 0 Å². The summed E-state index contributed by atoms with van der Waals surface area (Å²) in [4.78, 5) is 12.1. The number of likely N-dealkylation sites (tertiary alicyclic amines) is 1. The minimum absolute atomic E-state index is 0.0903. The van der Waals surface area contributed by atoms with Crippen molar-refractivity contribution in [2.45, 2.75) is 25.5 Å². The van der Waals surface area contributed by atoms with Crippen molar-refractivity contribution in [1.82, 2.24) is 4.90 Å². The minimum atomic E-state index is -0.441. The highest BCUT2D eigenvalue weighted by Crippen LogP contribution is 2.15. The Bertz CT molecular complexity index is 149. The summed E-state index contributed by atoms with van der Waals surface area (Å²) in [7, 11) is 0. The first-order valence-corrected chi connectivity index (χ1v) is 3.35. The number of nitrogens with zero attached hydrogens (tertiary/aromatic N) is 1. The highest BCUT2D eigenvalue weighted by Gasteiger charge is 2.29. The lowest BCUT2D eigenvalue weighted by Crippen LogP contribution is -2.38. The Labute approximate surface area is 59.6 Å². The fraction of sp³-hybridized carbons (Fsp3) is 0.833. The van der Waals surface area contributed by atoms with E-state index in [9.17, 15) is 4.79 Å². The minimum Gasteiger partial charge on any atom is -0.391 e. The monoisotopic (exact) mass is 144 g/mol. The van der Waals surface area contributed by atoms with Crippen LogP contribution >= 0.6 is 0 Å². The van der Waals surface area contributed by atoms with E-state index in [-0.39, 0.29) is 12.1 Å². The van der Waals surface area contributed by atoms with Gasteiger partial charge in [-0.2, -0.15) is 0 Å². The molecule has 1 fully saturated rings. The van der Waals surface area contributed by atoms with Gasteiger partial charge >= 0.3 is 6.03 Å². The van der Waals surface area contributed by atoms with Gasteiger partial charge in [0.2, 0.25) is 0 Å². The van der Waals surface area contributed by atoms with Gasteiger partial charge in [0.1, 0.15) is 0 Å². The molecular formula is C6H12N2O2. The van der Waals surface area contributed by atoms with Crippen LogP contribution in [0.5, 0.6) is 0 Å². The summed E-state index contributed by atoms with van der Waals surface area (Å²) in [6, 6.07) is -0.350. The number of carbonyl (C=O) groups is 1. The van der Waals surface area contributed by atoms with Crippen LogP contribution in [0.1, 0.15) is 13.3 Å². The van der Waals surface area contributed by atoms with E-state index in [4.69, 9.17) is 10.8 Å². The molecule has 2 amide bonds. The summed E-state index contributed by atoms with van der Waals surface area (Å²) in [6.45, 7) is 2.26. The van der Waals surface area contributed by atoms with Gasteiger partial charge in [0, 0.05) is 12.6 Å². The summed E-state index contributed by atoms with van der Waals surface area (Å²) in [5.74, 6) is 0. The van der Waals surface area contributed by atoms with Gasteiger partial charge in [0.15, 0.2) is 0 Å². The maximum absolute atomic E-state index is 10.6. The van der Waals surface area contributed by atoms with Crippen LogP contribution in [-0.4, -0.2) is 34.7 Å². The Morgan fingerprint density at radius 2 is 2.40 bits per heavy atom. The predicted molar refractivity (Wildman–Crippen MR) is 36.4 cm³/mol. The molecule has 0 radical (unpaired) electrons. The smallest absolute Gasteiger partial charge is 0.315 e. The zero-order chi connectivity index (χ0) is 7.72. The van der Waals surface area contributed by atoms with Crippen molar-refractivity contribution in [3.8, 4) is 0 Å². The molecule has 0 aromatic carbocycles. The molecule has 1 saturated heterocycles. The van der Waals surface area contributed by atoms with E-state index >= 15 is 0 Å². The molecule has 0 unspecified atom stereocenters. The largest absolute Gasteiger partial charge is 0.391 e. The Balaban J connectivity index is 2.54. The van der Waals surface area contributed by atoms with Gasteiger partial charge in [-0.1, -0.05) is 0 Å². The molecule has 0 spiro atoms. The lowest BCUT2D eigenvalue weighted by Gasteiger charge is -2.17. The normalized spacial score (nSPS) is 32.8. The van der Waals surface area contributed by atoms with Crippen LogP contribution in [0.2, 0.25) is 0 Å². The van der Waals surface area contributed by atoms with Crippen molar-refractivity contribution in [1.29, 1.82) is 0 Å². The lowest BCUT2D eigenvalue weighted by molar-refractivity contribution is 0.174. The zero-order valence-corrected chi connectivity index (χ0v) is 5.95. The van der Waals surface area contributed by atoms with E-state index in [2.05, 4.69) is 0 Å². The number of aliphatic hydroxyl groups excluding tert-OH is 1. The van der Waals surface area contributed by atoms with Crippen molar-refractivity contribution in [2.75, 3.05) is 6.54 Å². The van der Waals surface area contributed by atoms with Crippen molar-refractivity contribution < 1.29 is 9.90 Å². The average Bonchev–Trinajstić information content (AvgIpc) is 2.10. The quantitative estimate of drug-likeness (QED) is 0.482. The Morgan fingerprint density at radius 3 is 2.60 bits per heavy atom. The van der Waals surface area contributed by atoms with Gasteiger partial charge < -0.3 is 15.7 Å². The van der Waals surface area contributed by atoms with Crippen LogP contribution in [0, 0.1) is 0 Å². The van der Waals surface area contributed by atoms with Crippen molar-refractivity contribution >= 4 is 6.03 Å². The van der Waals surface area contributed by atoms with Gasteiger partial charge in [0.05, 0.1) is 6.10 Å². The number of urea groups is 1. The molecule has 3 N–H and O–H groups in total. The molecule has 0 bridgehead atoms. The SMILES string of the molecule is C[C@@H]1C[C@@H](O)CN1C(N)=O. The second kappa shape index (κ2) is 2.46. The van der Waals surface area contributed by atoms with Gasteiger partial charge in [-0.3, -0.25) is 0 Å². The molecule has 58 valence electrons. The standard InChI is InChI=1S/C6H12N2O2/c1-4-2-5(9)3-8(4)6(7)10/h4-5,9H,2-3H2,1H3,(H2,7,10)/t4-,5-/m1/s1. The van der Waals surface area contributed by atoms with Gasteiger partial charge in [-0.15, -0.1) is 0 Å². The number of hydrogen-bond donors (Lipinski definition) is 2. The highest BCUT2D eigenvalue weighted by atomic mass is 16.3. The van der Waals surface area contributed by atoms with Gasteiger partial charge in [-0.25, -0.2) is 4.79 Å². The number of rotatable bonds is 0. The number of amides is 2. The molecule has 10 heavy (non-hydrogen) atoms. The molecule has 0 aromatic rings. The maximum atomic E-state index is 10.6. The van der Waals surface area contributed by atoms with Gasteiger partial charge in [0.25, 0.3) is 0 Å². The molecule has 1 heterocycles.